The van der Waals surface area contributed by atoms with E-state index in [0.717, 1.165) is 5.56 Å². The van der Waals surface area contributed by atoms with E-state index in [1.54, 1.807) is 12.1 Å². The van der Waals surface area contributed by atoms with Gasteiger partial charge in [0.15, 0.2) is 0 Å². The smallest absolute Gasteiger partial charge is 0.126 e. The first-order valence-corrected chi connectivity index (χ1v) is 4.45. The van der Waals surface area contributed by atoms with Gasteiger partial charge in [0.25, 0.3) is 0 Å². The van der Waals surface area contributed by atoms with Gasteiger partial charge in [0, 0.05) is 6.04 Å². The number of nitrogen functional groups attached to an aromatic ring is 2. The molecule has 1 fully saturated rings. The summed E-state index contributed by atoms with van der Waals surface area (Å²) >= 11 is 0. The predicted octanol–water partition coefficient (Wildman–Crippen LogP) is 0.656. The van der Waals surface area contributed by atoms with Gasteiger partial charge in [-0.25, -0.2) is 4.98 Å². The monoisotopic (exact) mass is 178 g/mol. The molecule has 6 N–H and O–H groups in total. The highest BCUT2D eigenvalue weighted by atomic mass is 14.9. The van der Waals surface area contributed by atoms with Gasteiger partial charge >= 0.3 is 0 Å². The van der Waals surface area contributed by atoms with Crippen molar-refractivity contribution in [1.29, 1.82) is 0 Å². The van der Waals surface area contributed by atoms with Crippen molar-refractivity contribution in [3.63, 3.8) is 0 Å². The molecular formula is C9H14N4. The van der Waals surface area contributed by atoms with Crippen LogP contribution >= 0.6 is 0 Å². The molecule has 1 aromatic rings. The number of nitrogens with two attached hydrogens (primary N) is 3. The molecule has 1 aliphatic carbocycles. The van der Waals surface area contributed by atoms with Gasteiger partial charge in [0.2, 0.25) is 0 Å². The van der Waals surface area contributed by atoms with E-state index >= 15 is 0 Å². The molecule has 0 unspecified atom stereocenters. The Morgan fingerprint density at radius 2 is 1.77 bits per heavy atom. The zero-order chi connectivity index (χ0) is 9.42. The predicted molar refractivity (Wildman–Crippen MR) is 52.7 cm³/mol. The quantitative estimate of drug-likeness (QED) is 0.620. The van der Waals surface area contributed by atoms with Crippen LogP contribution in [-0.2, 0) is 0 Å². The molecule has 70 valence electrons. The van der Waals surface area contributed by atoms with E-state index in [9.17, 15) is 0 Å². The van der Waals surface area contributed by atoms with Crippen molar-refractivity contribution in [2.24, 2.45) is 11.7 Å². The Labute approximate surface area is 77.1 Å². The summed E-state index contributed by atoms with van der Waals surface area (Å²) in [5, 5.41) is 0. The van der Waals surface area contributed by atoms with Crippen LogP contribution in [0.15, 0.2) is 12.1 Å². The first kappa shape index (κ1) is 8.31. The molecule has 1 saturated carbocycles. The normalized spacial score (nSPS) is 18.5. The average molecular weight is 178 g/mol. The van der Waals surface area contributed by atoms with Crippen molar-refractivity contribution in [3.8, 4) is 0 Å². The van der Waals surface area contributed by atoms with E-state index in [-0.39, 0.29) is 6.04 Å². The molecule has 0 aliphatic heterocycles. The molecule has 1 aromatic heterocycles. The summed E-state index contributed by atoms with van der Waals surface area (Å²) in [5.74, 6) is 1.51. The lowest BCUT2D eigenvalue weighted by molar-refractivity contribution is 0.633. The molecule has 1 aliphatic rings. The number of anilines is 2. The highest BCUT2D eigenvalue weighted by Crippen LogP contribution is 2.39. The summed E-state index contributed by atoms with van der Waals surface area (Å²) in [4.78, 5) is 3.90. The van der Waals surface area contributed by atoms with Crippen LogP contribution in [0, 0.1) is 5.92 Å². The largest absolute Gasteiger partial charge is 0.384 e. The molecule has 0 spiro atoms. The summed E-state index contributed by atoms with van der Waals surface area (Å²) in [7, 11) is 0. The van der Waals surface area contributed by atoms with E-state index in [1.165, 1.54) is 12.8 Å². The van der Waals surface area contributed by atoms with Gasteiger partial charge in [0.1, 0.15) is 11.6 Å². The van der Waals surface area contributed by atoms with E-state index in [1.807, 2.05) is 0 Å². The Bertz CT molecular complexity index is 299. The maximum absolute atomic E-state index is 6.00. The third kappa shape index (κ3) is 1.72. The van der Waals surface area contributed by atoms with Crippen molar-refractivity contribution >= 4 is 11.6 Å². The Hall–Kier alpha value is -1.29. The van der Waals surface area contributed by atoms with E-state index in [4.69, 9.17) is 17.2 Å². The Kier molecular flexibility index (Phi) is 1.84. The maximum Gasteiger partial charge on any atom is 0.126 e. The second-order valence-corrected chi connectivity index (χ2v) is 3.61. The third-order valence-electron chi connectivity index (χ3n) is 2.40. The van der Waals surface area contributed by atoms with Gasteiger partial charge in [0.05, 0.1) is 0 Å². The molecule has 0 aromatic carbocycles. The van der Waals surface area contributed by atoms with Crippen LogP contribution in [0.2, 0.25) is 0 Å². The zero-order valence-electron chi connectivity index (χ0n) is 7.40. The lowest BCUT2D eigenvalue weighted by Gasteiger charge is -2.11. The highest BCUT2D eigenvalue weighted by molar-refractivity contribution is 5.44. The summed E-state index contributed by atoms with van der Waals surface area (Å²) in [6, 6.07) is 3.69. The third-order valence-corrected chi connectivity index (χ3v) is 2.40. The van der Waals surface area contributed by atoms with Gasteiger partial charge in [-0.2, -0.15) is 0 Å². The number of hydrogen-bond donors (Lipinski definition) is 3. The van der Waals surface area contributed by atoms with Crippen molar-refractivity contribution in [2.45, 2.75) is 18.9 Å². The van der Waals surface area contributed by atoms with Crippen LogP contribution in [0.25, 0.3) is 0 Å². The van der Waals surface area contributed by atoms with Gasteiger partial charge in [-0.05, 0) is 36.5 Å². The van der Waals surface area contributed by atoms with Crippen LogP contribution in [0.3, 0.4) is 0 Å². The number of rotatable bonds is 2. The number of hydrogen-bond acceptors (Lipinski definition) is 4. The molecule has 0 bridgehead atoms. The maximum atomic E-state index is 6.00. The van der Waals surface area contributed by atoms with Gasteiger partial charge in [-0.1, -0.05) is 0 Å². The lowest BCUT2D eigenvalue weighted by atomic mass is 10.0. The van der Waals surface area contributed by atoms with Gasteiger partial charge < -0.3 is 17.2 Å². The fraction of sp³-hybridized carbons (Fsp3) is 0.444. The van der Waals surface area contributed by atoms with Crippen molar-refractivity contribution in [2.75, 3.05) is 11.5 Å². The molecule has 1 atom stereocenters. The SMILES string of the molecule is Nc1cc([C@H](N)C2CC2)cc(N)n1. The van der Waals surface area contributed by atoms with Crippen molar-refractivity contribution in [1.82, 2.24) is 4.98 Å². The molecule has 13 heavy (non-hydrogen) atoms. The number of aromatic nitrogens is 1. The molecule has 0 saturated heterocycles. The molecule has 4 heteroatoms. The number of pyridine rings is 1. The van der Waals surface area contributed by atoms with Crippen molar-refractivity contribution < 1.29 is 0 Å². The Morgan fingerprint density at radius 1 is 1.23 bits per heavy atom. The van der Waals surface area contributed by atoms with E-state index in [2.05, 4.69) is 4.98 Å². The Balaban J connectivity index is 2.27. The fourth-order valence-corrected chi connectivity index (χ4v) is 1.52. The van der Waals surface area contributed by atoms with E-state index in [0.29, 0.717) is 17.6 Å². The first-order chi connectivity index (χ1) is 6.16. The van der Waals surface area contributed by atoms with Gasteiger partial charge in [-0.15, -0.1) is 0 Å². The zero-order valence-corrected chi connectivity index (χ0v) is 7.40. The molecule has 0 amide bonds. The fourth-order valence-electron chi connectivity index (χ4n) is 1.52. The number of nitrogens with zero attached hydrogens (tertiary/aromatic N) is 1. The minimum atomic E-state index is 0.0765. The summed E-state index contributed by atoms with van der Waals surface area (Å²) in [5.41, 5.74) is 18.1. The van der Waals surface area contributed by atoms with Crippen LogP contribution in [0.5, 0.6) is 0 Å². The van der Waals surface area contributed by atoms with Crippen LogP contribution in [0.4, 0.5) is 11.6 Å². The topological polar surface area (TPSA) is 91.0 Å². The van der Waals surface area contributed by atoms with Crippen LogP contribution in [0.1, 0.15) is 24.4 Å². The summed E-state index contributed by atoms with van der Waals surface area (Å²) < 4.78 is 0. The molecule has 2 rings (SSSR count). The van der Waals surface area contributed by atoms with E-state index < -0.39 is 0 Å². The van der Waals surface area contributed by atoms with Crippen LogP contribution in [-0.4, -0.2) is 4.98 Å². The molecule has 1 heterocycles. The molecule has 0 radical (unpaired) electrons. The lowest BCUT2D eigenvalue weighted by Crippen LogP contribution is -2.13. The minimum absolute atomic E-state index is 0.0765. The minimum Gasteiger partial charge on any atom is -0.384 e. The second-order valence-electron chi connectivity index (χ2n) is 3.61. The van der Waals surface area contributed by atoms with Crippen molar-refractivity contribution in [3.05, 3.63) is 17.7 Å². The molecular weight excluding hydrogens is 164 g/mol. The first-order valence-electron chi connectivity index (χ1n) is 4.45. The summed E-state index contributed by atoms with van der Waals surface area (Å²) in [6.07, 6.45) is 2.42. The average Bonchev–Trinajstić information content (AvgIpc) is 2.83. The van der Waals surface area contributed by atoms with Crippen LogP contribution < -0.4 is 17.2 Å². The summed E-state index contributed by atoms with van der Waals surface area (Å²) in [6.45, 7) is 0. The standard InChI is InChI=1S/C9H14N4/c10-7-3-6(4-8(11)13-7)9(12)5-1-2-5/h3-5,9H,1-2,12H2,(H4,10,11,13)/t9-/m1/s1. The Morgan fingerprint density at radius 3 is 2.23 bits per heavy atom. The second kappa shape index (κ2) is 2.88. The molecule has 4 nitrogen and oxygen atoms in total. The van der Waals surface area contributed by atoms with Gasteiger partial charge in [-0.3, -0.25) is 0 Å². The highest BCUT2D eigenvalue weighted by Gasteiger charge is 2.29.